The van der Waals surface area contributed by atoms with Crippen LogP contribution in [0.5, 0.6) is 0 Å². The van der Waals surface area contributed by atoms with Gasteiger partial charge in [0, 0.05) is 0 Å². The van der Waals surface area contributed by atoms with Gasteiger partial charge in [-0.2, -0.15) is 0 Å². The van der Waals surface area contributed by atoms with Gasteiger partial charge in [-0.05, 0) is 119 Å². The molecule has 0 saturated carbocycles. The molecule has 0 aliphatic rings. The monoisotopic (exact) mass is 440 g/mol. The van der Waals surface area contributed by atoms with E-state index in [1.165, 1.54) is 34.0 Å². The quantitative estimate of drug-likeness (QED) is 0.447. The Morgan fingerprint density at radius 1 is 0.387 bits per heavy atom. The lowest BCUT2D eigenvalue weighted by atomic mass is 10.4. The van der Waals surface area contributed by atoms with Crippen LogP contribution in [0.25, 0.3) is 0 Å². The summed E-state index contributed by atoms with van der Waals surface area (Å²) in [6, 6.07) is 11.4. The predicted molar refractivity (Wildman–Crippen MR) is 132 cm³/mol. The highest BCUT2D eigenvalue weighted by Gasteiger charge is 1.95. The van der Waals surface area contributed by atoms with Crippen molar-refractivity contribution in [2.24, 2.45) is 0 Å². The number of thiophene rings is 3. The minimum Gasteiger partial charge on any atom is -0.118 e. The molecule has 3 heterocycles. The molecule has 0 bridgehead atoms. The lowest BCUT2D eigenvalue weighted by Gasteiger charge is -1.76. The van der Waals surface area contributed by atoms with E-state index in [9.17, 15) is 0 Å². The summed E-state index contributed by atoms with van der Waals surface area (Å²) >= 11 is 4.47. The van der Waals surface area contributed by atoms with E-state index in [2.05, 4.69) is 82.9 Å². The van der Waals surface area contributed by atoms with Gasteiger partial charge in [0.15, 0.2) is 0 Å². The van der Waals surface area contributed by atoms with Gasteiger partial charge in [0.25, 0.3) is 0 Å². The first-order valence-corrected chi connectivity index (χ1v) is 11.0. The molecule has 0 aromatic carbocycles. The number of hydrogen-bond donors (Lipinski definition) is 0. The Balaban J connectivity index is 1.60. The molecule has 3 aromatic heterocycles. The van der Waals surface area contributed by atoms with Crippen molar-refractivity contribution in [3.8, 4) is 95.7 Å². The van der Waals surface area contributed by atoms with Crippen LogP contribution in [0.4, 0.5) is 0 Å². The van der Waals surface area contributed by atoms with Crippen molar-refractivity contribution in [2.75, 3.05) is 0 Å². The second-order valence-corrected chi connectivity index (χ2v) is 8.53. The third-order valence-corrected chi connectivity index (χ3v) is 5.95. The minimum atomic E-state index is 0.886. The minimum absolute atomic E-state index is 0.886. The summed E-state index contributed by atoms with van der Waals surface area (Å²) < 4.78 is 0. The lowest BCUT2D eigenvalue weighted by molar-refractivity contribution is 1.89. The van der Waals surface area contributed by atoms with Gasteiger partial charge in [0.05, 0.1) is 29.3 Å². The molecular formula is C28H8S3. The summed E-state index contributed by atoms with van der Waals surface area (Å²) in [5.41, 5.74) is 0. The van der Waals surface area contributed by atoms with Crippen LogP contribution in [0, 0.1) is 95.7 Å². The van der Waals surface area contributed by atoms with Gasteiger partial charge in [-0.15, -0.1) is 46.9 Å². The summed E-state index contributed by atoms with van der Waals surface area (Å²) in [6.45, 7) is 0. The normalized spacial score (nSPS) is 7.68. The Kier molecular flexibility index (Phi) is 7.93. The zero-order valence-electron chi connectivity index (χ0n) is 15.8. The topological polar surface area (TPSA) is 0 Å². The highest BCUT2D eigenvalue weighted by molar-refractivity contribution is 7.13. The van der Waals surface area contributed by atoms with Gasteiger partial charge in [0.2, 0.25) is 0 Å². The fraction of sp³-hybridized carbons (Fsp3) is 0. The molecule has 0 spiro atoms. The molecular weight excluding hydrogens is 433 g/mol. The first kappa shape index (κ1) is 21.3. The van der Waals surface area contributed by atoms with Crippen LogP contribution in [-0.2, 0) is 0 Å². The molecule has 138 valence electrons. The van der Waals surface area contributed by atoms with E-state index in [0.29, 0.717) is 0 Å². The number of hydrogen-bond acceptors (Lipinski definition) is 3. The molecule has 0 nitrogen and oxygen atoms in total. The second-order valence-electron chi connectivity index (χ2n) is 5.28. The van der Waals surface area contributed by atoms with Crippen LogP contribution in [-0.4, -0.2) is 0 Å². The van der Waals surface area contributed by atoms with Crippen LogP contribution >= 0.6 is 34.0 Å². The molecule has 0 amide bonds. The standard InChI is InChI=1S/C28H8S3/c1-3-5-11-23-17-19-25(29-23)13-7-9-15-27-21-22-28(31-27)16-10-8-14-26-20-18-24(30-26)12-6-4-2/h1-2,17-22H. The van der Waals surface area contributed by atoms with Crippen LogP contribution in [0.1, 0.15) is 29.3 Å². The Labute approximate surface area is 194 Å². The molecule has 0 fully saturated rings. The first-order valence-electron chi connectivity index (χ1n) is 8.53. The fourth-order valence-corrected chi connectivity index (χ4v) is 4.12. The van der Waals surface area contributed by atoms with Crippen molar-refractivity contribution in [1.29, 1.82) is 0 Å². The van der Waals surface area contributed by atoms with Gasteiger partial charge in [0.1, 0.15) is 0 Å². The van der Waals surface area contributed by atoms with Gasteiger partial charge < -0.3 is 0 Å². The second kappa shape index (κ2) is 11.5. The van der Waals surface area contributed by atoms with Crippen molar-refractivity contribution in [1.82, 2.24) is 0 Å². The van der Waals surface area contributed by atoms with E-state index in [1.807, 2.05) is 36.4 Å². The summed E-state index contributed by atoms with van der Waals surface area (Å²) in [6.07, 6.45) is 10.2. The summed E-state index contributed by atoms with van der Waals surface area (Å²) in [4.78, 5) is 5.36. The average Bonchev–Trinajstić information content (AvgIpc) is 3.53. The maximum atomic E-state index is 5.12. The highest BCUT2D eigenvalue weighted by Crippen LogP contribution is 2.15. The highest BCUT2D eigenvalue weighted by atomic mass is 32.1. The van der Waals surface area contributed by atoms with Gasteiger partial charge in [-0.1, -0.05) is 0 Å². The molecule has 3 heteroatoms. The third-order valence-electron chi connectivity index (χ3n) is 3.20. The molecule has 0 radical (unpaired) electrons. The smallest absolute Gasteiger partial charge is 0.0792 e. The zero-order chi connectivity index (χ0) is 21.7. The third kappa shape index (κ3) is 7.16. The Morgan fingerprint density at radius 3 is 0.839 bits per heavy atom. The van der Waals surface area contributed by atoms with E-state index in [1.54, 1.807) is 0 Å². The molecule has 0 N–H and O–H groups in total. The molecule has 0 aliphatic heterocycles. The summed E-state index contributed by atoms with van der Waals surface area (Å²) in [5.74, 6) is 39.0. The van der Waals surface area contributed by atoms with Crippen molar-refractivity contribution in [3.63, 3.8) is 0 Å². The molecule has 3 aromatic rings. The van der Waals surface area contributed by atoms with E-state index in [0.717, 1.165) is 29.3 Å². The molecule has 0 unspecified atom stereocenters. The number of rotatable bonds is 0. The van der Waals surface area contributed by atoms with Crippen LogP contribution < -0.4 is 0 Å². The molecule has 3 rings (SSSR count). The Hall–Kier alpha value is -4.42. The fourth-order valence-electron chi connectivity index (χ4n) is 1.98. The molecule has 31 heavy (non-hydrogen) atoms. The van der Waals surface area contributed by atoms with Crippen molar-refractivity contribution in [2.45, 2.75) is 0 Å². The van der Waals surface area contributed by atoms with Gasteiger partial charge >= 0.3 is 0 Å². The summed E-state index contributed by atoms with van der Waals surface area (Å²) in [5, 5.41) is 0. The van der Waals surface area contributed by atoms with Gasteiger partial charge in [-0.3, -0.25) is 0 Å². The zero-order valence-corrected chi connectivity index (χ0v) is 18.3. The predicted octanol–water partition coefficient (Wildman–Crippen LogP) is 4.65. The lowest BCUT2D eigenvalue weighted by Crippen LogP contribution is -1.62. The molecule has 0 atom stereocenters. The van der Waals surface area contributed by atoms with E-state index in [-0.39, 0.29) is 0 Å². The Bertz CT molecular complexity index is 1460. The maximum absolute atomic E-state index is 5.12. The van der Waals surface area contributed by atoms with Crippen LogP contribution in [0.15, 0.2) is 36.4 Å². The Morgan fingerprint density at radius 2 is 0.613 bits per heavy atom. The number of terminal acetylenes is 2. The van der Waals surface area contributed by atoms with E-state index >= 15 is 0 Å². The van der Waals surface area contributed by atoms with Crippen LogP contribution in [0.3, 0.4) is 0 Å². The molecule has 0 aliphatic carbocycles. The van der Waals surface area contributed by atoms with Crippen molar-refractivity contribution < 1.29 is 0 Å². The van der Waals surface area contributed by atoms with Gasteiger partial charge in [-0.25, -0.2) is 0 Å². The van der Waals surface area contributed by atoms with Crippen LogP contribution in [0.2, 0.25) is 0 Å². The molecule has 0 saturated heterocycles. The van der Waals surface area contributed by atoms with E-state index < -0.39 is 0 Å². The van der Waals surface area contributed by atoms with Crippen molar-refractivity contribution in [3.05, 3.63) is 65.7 Å². The van der Waals surface area contributed by atoms with E-state index in [4.69, 9.17) is 12.8 Å². The largest absolute Gasteiger partial charge is 0.118 e. The first-order chi connectivity index (χ1) is 15.3. The van der Waals surface area contributed by atoms with Crippen molar-refractivity contribution >= 4 is 34.0 Å². The summed E-state index contributed by atoms with van der Waals surface area (Å²) in [7, 11) is 0. The average molecular weight is 441 g/mol. The maximum Gasteiger partial charge on any atom is 0.0792 e. The SMILES string of the molecule is C#CC#Cc1ccc(C#CC#Cc2ccc(C#CC#Cc3ccc(C#CC#C)s3)s2)s1.